The third-order valence-corrected chi connectivity index (χ3v) is 3.85. The first-order chi connectivity index (χ1) is 10.4. The van der Waals surface area contributed by atoms with Crippen LogP contribution in [0.4, 0.5) is 0 Å². The molecule has 1 nitrogen and oxygen atoms in total. The topological polar surface area (TPSA) is 3.24 Å². The molecular weight excluding hydrogens is 290 g/mol. The molecule has 22 heavy (non-hydrogen) atoms. The van der Waals surface area contributed by atoms with Crippen LogP contribution in [-0.2, 0) is 0 Å². The summed E-state index contributed by atoms with van der Waals surface area (Å²) in [5, 5.41) is 0.786. The number of benzene rings is 1. The van der Waals surface area contributed by atoms with E-state index in [1.54, 1.807) is 0 Å². The van der Waals surface area contributed by atoms with Gasteiger partial charge in [0.15, 0.2) is 0 Å². The minimum absolute atomic E-state index is 0.318. The zero-order chi connectivity index (χ0) is 16.7. The minimum atomic E-state index is 0.318. The van der Waals surface area contributed by atoms with Crippen molar-refractivity contribution >= 4 is 11.6 Å². The van der Waals surface area contributed by atoms with Crippen LogP contribution in [0, 0.1) is 12.8 Å². The van der Waals surface area contributed by atoms with E-state index in [-0.39, 0.29) is 0 Å². The van der Waals surface area contributed by atoms with Crippen LogP contribution < -0.4 is 0 Å². The zero-order valence-corrected chi connectivity index (χ0v) is 15.2. The summed E-state index contributed by atoms with van der Waals surface area (Å²) in [7, 11) is 0. The lowest BCUT2D eigenvalue weighted by Gasteiger charge is -2.36. The van der Waals surface area contributed by atoms with E-state index < -0.39 is 0 Å². The Bertz CT molecular complexity index is 533. The van der Waals surface area contributed by atoms with E-state index in [1.165, 1.54) is 16.8 Å². The van der Waals surface area contributed by atoms with Gasteiger partial charge in [-0.2, -0.15) is 0 Å². The Balaban J connectivity index is 3.22. The third kappa shape index (κ3) is 5.38. The van der Waals surface area contributed by atoms with Gasteiger partial charge >= 0.3 is 0 Å². The van der Waals surface area contributed by atoms with Crippen LogP contribution in [0.2, 0.25) is 0 Å². The van der Waals surface area contributed by atoms with E-state index in [9.17, 15) is 0 Å². The van der Waals surface area contributed by atoms with E-state index in [1.807, 2.05) is 19.1 Å². The molecule has 0 saturated carbocycles. The highest BCUT2D eigenvalue weighted by Gasteiger charge is 2.23. The van der Waals surface area contributed by atoms with Crippen molar-refractivity contribution in [3.63, 3.8) is 0 Å². The lowest BCUT2D eigenvalue weighted by atomic mass is 9.93. The molecule has 0 fully saturated rings. The highest BCUT2D eigenvalue weighted by molar-refractivity contribution is 6.29. The Morgan fingerprint density at radius 1 is 1.18 bits per heavy atom. The molecule has 1 atom stereocenters. The van der Waals surface area contributed by atoms with Crippen molar-refractivity contribution in [2.24, 2.45) is 5.92 Å². The normalized spacial score (nSPS) is 14.1. The molecule has 1 unspecified atom stereocenters. The first kappa shape index (κ1) is 18.6. The average Bonchev–Trinajstić information content (AvgIpc) is 2.45. The van der Waals surface area contributed by atoms with E-state index in [2.05, 4.69) is 69.5 Å². The highest BCUT2D eigenvalue weighted by atomic mass is 35.5. The fraction of sp³-hybridized carbons (Fsp3) is 0.400. The molecule has 120 valence electrons. The lowest BCUT2D eigenvalue weighted by molar-refractivity contribution is 0.222. The monoisotopic (exact) mass is 317 g/mol. The van der Waals surface area contributed by atoms with E-state index >= 15 is 0 Å². The molecule has 0 heterocycles. The summed E-state index contributed by atoms with van der Waals surface area (Å²) in [5.74, 6) is 0.493. The summed E-state index contributed by atoms with van der Waals surface area (Å²) in [6.45, 7) is 15.4. The van der Waals surface area contributed by atoms with Crippen LogP contribution >= 0.6 is 11.6 Å². The Morgan fingerprint density at radius 2 is 1.77 bits per heavy atom. The molecule has 0 spiro atoms. The van der Waals surface area contributed by atoms with Crippen molar-refractivity contribution in [3.8, 4) is 0 Å². The predicted molar refractivity (Wildman–Crippen MR) is 99.0 cm³/mol. The standard InChI is InChI=1S/C20H28ClN/c1-7-14-22(18(6)11-10-17(5)21)20(15(2)3)19-12-8-16(4)9-13-19/h7-13,15,20H,1,14H2,2-6H3. The molecule has 0 bridgehead atoms. The van der Waals surface area contributed by atoms with Crippen molar-refractivity contribution in [3.05, 3.63) is 70.9 Å². The number of rotatable bonds is 7. The summed E-state index contributed by atoms with van der Waals surface area (Å²) in [6.07, 6.45) is 5.98. The number of nitrogens with zero attached hydrogens (tertiary/aromatic N) is 1. The Hall–Kier alpha value is -1.47. The minimum Gasteiger partial charge on any atom is -0.364 e. The summed E-state index contributed by atoms with van der Waals surface area (Å²) in [5.41, 5.74) is 3.82. The van der Waals surface area contributed by atoms with Crippen molar-refractivity contribution in [1.29, 1.82) is 0 Å². The van der Waals surface area contributed by atoms with Crippen LogP contribution in [-0.4, -0.2) is 11.4 Å². The van der Waals surface area contributed by atoms with Crippen LogP contribution in [0.25, 0.3) is 0 Å². The number of aryl methyl sites for hydroxylation is 1. The van der Waals surface area contributed by atoms with Crippen molar-refractivity contribution in [2.45, 2.75) is 40.7 Å². The van der Waals surface area contributed by atoms with Crippen molar-refractivity contribution < 1.29 is 0 Å². The van der Waals surface area contributed by atoms with Gasteiger partial charge in [-0.15, -0.1) is 6.58 Å². The Kier molecular flexibility index (Phi) is 7.47. The largest absolute Gasteiger partial charge is 0.364 e. The second kappa shape index (κ2) is 8.85. The van der Waals surface area contributed by atoms with Gasteiger partial charge in [-0.05, 0) is 44.4 Å². The van der Waals surface area contributed by atoms with E-state index in [0.717, 1.165) is 11.6 Å². The molecule has 0 aromatic heterocycles. The second-order valence-electron chi connectivity index (χ2n) is 6.10. The molecule has 2 heteroatoms. The molecular formula is C20H28ClN. The first-order valence-corrected chi connectivity index (χ1v) is 8.19. The molecule has 0 saturated heterocycles. The fourth-order valence-corrected chi connectivity index (χ4v) is 2.70. The van der Waals surface area contributed by atoms with Gasteiger partial charge in [0.2, 0.25) is 0 Å². The number of hydrogen-bond acceptors (Lipinski definition) is 1. The molecule has 0 amide bonds. The molecule has 1 aromatic carbocycles. The fourth-order valence-electron chi connectivity index (χ4n) is 2.64. The van der Waals surface area contributed by atoms with Crippen LogP contribution in [0.15, 0.2) is 59.8 Å². The molecule has 0 N–H and O–H groups in total. The zero-order valence-electron chi connectivity index (χ0n) is 14.4. The maximum absolute atomic E-state index is 5.96. The Labute approximate surface area is 141 Å². The van der Waals surface area contributed by atoms with Gasteiger partial charge in [-0.1, -0.05) is 61.4 Å². The third-order valence-electron chi connectivity index (χ3n) is 3.72. The molecule has 0 aliphatic carbocycles. The summed E-state index contributed by atoms with van der Waals surface area (Å²) >= 11 is 5.96. The molecule has 0 aliphatic heterocycles. The van der Waals surface area contributed by atoms with Gasteiger partial charge in [0.05, 0.1) is 6.04 Å². The quantitative estimate of drug-likeness (QED) is 0.426. The predicted octanol–water partition coefficient (Wildman–Crippen LogP) is 6.23. The Morgan fingerprint density at radius 3 is 2.23 bits per heavy atom. The molecule has 0 radical (unpaired) electrons. The van der Waals surface area contributed by atoms with Gasteiger partial charge in [0.25, 0.3) is 0 Å². The molecule has 0 aliphatic rings. The summed E-state index contributed by atoms with van der Waals surface area (Å²) < 4.78 is 0. The van der Waals surface area contributed by atoms with E-state index in [0.29, 0.717) is 12.0 Å². The maximum Gasteiger partial charge on any atom is 0.0565 e. The first-order valence-electron chi connectivity index (χ1n) is 7.81. The SMILES string of the molecule is C=CCN(C(C)=CC=C(C)Cl)C(c1ccc(C)cc1)C(C)C. The summed E-state index contributed by atoms with van der Waals surface area (Å²) in [4.78, 5) is 2.39. The number of halogens is 1. The molecule has 1 rings (SSSR count). The van der Waals surface area contributed by atoms with Gasteiger partial charge in [-0.3, -0.25) is 0 Å². The number of allylic oxidation sites excluding steroid dienone is 4. The van der Waals surface area contributed by atoms with E-state index in [4.69, 9.17) is 11.6 Å². The van der Waals surface area contributed by atoms with Gasteiger partial charge in [0.1, 0.15) is 0 Å². The second-order valence-corrected chi connectivity index (χ2v) is 6.70. The summed E-state index contributed by atoms with van der Waals surface area (Å²) in [6, 6.07) is 9.13. The molecule has 1 aromatic rings. The van der Waals surface area contributed by atoms with Gasteiger partial charge in [-0.25, -0.2) is 0 Å². The van der Waals surface area contributed by atoms with Crippen molar-refractivity contribution in [1.82, 2.24) is 4.90 Å². The average molecular weight is 318 g/mol. The van der Waals surface area contributed by atoms with Gasteiger partial charge in [0, 0.05) is 17.3 Å². The maximum atomic E-state index is 5.96. The van der Waals surface area contributed by atoms with Gasteiger partial charge < -0.3 is 4.90 Å². The van der Waals surface area contributed by atoms with Crippen LogP contribution in [0.1, 0.15) is 44.9 Å². The highest BCUT2D eigenvalue weighted by Crippen LogP contribution is 2.31. The van der Waals surface area contributed by atoms with Crippen molar-refractivity contribution in [2.75, 3.05) is 6.54 Å². The van der Waals surface area contributed by atoms with Crippen LogP contribution in [0.5, 0.6) is 0 Å². The van der Waals surface area contributed by atoms with Crippen LogP contribution in [0.3, 0.4) is 0 Å². The number of hydrogen-bond donors (Lipinski definition) is 0. The lowest BCUT2D eigenvalue weighted by Crippen LogP contribution is -2.31. The smallest absolute Gasteiger partial charge is 0.0565 e.